The summed E-state index contributed by atoms with van der Waals surface area (Å²) in [6, 6.07) is 7.49. The minimum atomic E-state index is -0.195. The molecule has 2 rings (SSSR count). The molecule has 0 unspecified atom stereocenters. The quantitative estimate of drug-likeness (QED) is 0.489. The van der Waals surface area contributed by atoms with Crippen LogP contribution in [-0.4, -0.2) is 55.0 Å². The van der Waals surface area contributed by atoms with Gasteiger partial charge in [0.1, 0.15) is 5.75 Å². The lowest BCUT2D eigenvalue weighted by molar-refractivity contribution is -0.135. The Hall–Kier alpha value is -2.80. The van der Waals surface area contributed by atoms with Crippen molar-refractivity contribution in [1.82, 2.24) is 9.96 Å². The first kappa shape index (κ1) is 17.6. The first-order valence-corrected chi connectivity index (χ1v) is 7.40. The van der Waals surface area contributed by atoms with E-state index in [1.165, 1.54) is 16.2 Å². The second-order valence-electron chi connectivity index (χ2n) is 5.33. The summed E-state index contributed by atoms with van der Waals surface area (Å²) in [7, 11) is 4.93. The Morgan fingerprint density at radius 1 is 1.38 bits per heavy atom. The van der Waals surface area contributed by atoms with Gasteiger partial charge in [0.25, 0.3) is 5.91 Å². The van der Waals surface area contributed by atoms with Crippen LogP contribution in [0.15, 0.2) is 52.8 Å². The monoisotopic (exact) mass is 331 g/mol. The molecule has 0 spiro atoms. The highest BCUT2D eigenvalue weighted by molar-refractivity contribution is 6.02. The molecule has 1 aliphatic rings. The first-order valence-electron chi connectivity index (χ1n) is 7.40. The lowest BCUT2D eigenvalue weighted by Gasteiger charge is -2.28. The number of carbonyl (C=O) groups excluding carboxylic acids is 1. The molecule has 128 valence electrons. The maximum absolute atomic E-state index is 12.3. The van der Waals surface area contributed by atoms with E-state index in [1.807, 2.05) is 30.3 Å². The van der Waals surface area contributed by atoms with Crippen LogP contribution in [0.3, 0.4) is 0 Å². The molecule has 0 bridgehead atoms. The summed E-state index contributed by atoms with van der Waals surface area (Å²) in [5.74, 6) is 0.574. The van der Waals surface area contributed by atoms with Crippen LogP contribution in [-0.2, 0) is 16.2 Å². The van der Waals surface area contributed by atoms with Gasteiger partial charge in [0.2, 0.25) is 0 Å². The van der Waals surface area contributed by atoms with Gasteiger partial charge in [-0.1, -0.05) is 23.4 Å². The zero-order valence-electron chi connectivity index (χ0n) is 14.0. The third-order valence-corrected chi connectivity index (χ3v) is 3.46. The molecule has 0 saturated carbocycles. The number of hydroxylamine groups is 2. The van der Waals surface area contributed by atoms with Crippen LogP contribution in [0.4, 0.5) is 0 Å². The Balaban J connectivity index is 2.15. The van der Waals surface area contributed by atoms with Gasteiger partial charge < -0.3 is 14.8 Å². The van der Waals surface area contributed by atoms with Crippen molar-refractivity contribution in [1.29, 1.82) is 0 Å². The summed E-state index contributed by atoms with van der Waals surface area (Å²) in [4.78, 5) is 19.5. The standard InChI is InChI=1S/C17H21N3O4/c1-19(2)17(21)15-5-4-10-20(16(15)11-18-22)24-12-13-6-8-14(23-3)9-7-13/h4-9,11,22H,10,12H2,1-3H3. The molecule has 0 fully saturated rings. The van der Waals surface area contributed by atoms with Crippen LogP contribution < -0.4 is 4.74 Å². The number of methoxy groups -OCH3 is 1. The topological polar surface area (TPSA) is 74.6 Å². The van der Waals surface area contributed by atoms with E-state index in [1.54, 1.807) is 27.3 Å². The van der Waals surface area contributed by atoms with Crippen LogP contribution in [0.2, 0.25) is 0 Å². The molecule has 1 aromatic rings. The third-order valence-electron chi connectivity index (χ3n) is 3.46. The van der Waals surface area contributed by atoms with Crippen molar-refractivity contribution in [2.24, 2.45) is 5.16 Å². The normalized spacial score (nSPS) is 14.4. The number of allylic oxidation sites excluding steroid dienone is 1. The number of hydrogen-bond donors (Lipinski definition) is 1. The zero-order chi connectivity index (χ0) is 17.5. The van der Waals surface area contributed by atoms with Gasteiger partial charge in [-0.3, -0.25) is 9.63 Å². The summed E-state index contributed by atoms with van der Waals surface area (Å²) in [5.41, 5.74) is 1.76. The molecule has 1 amide bonds. The van der Waals surface area contributed by atoms with E-state index in [9.17, 15) is 4.79 Å². The predicted octanol–water partition coefficient (Wildman–Crippen LogP) is 1.80. The maximum Gasteiger partial charge on any atom is 0.255 e. The van der Waals surface area contributed by atoms with E-state index in [0.717, 1.165) is 11.3 Å². The molecule has 7 heteroatoms. The Morgan fingerprint density at radius 2 is 2.08 bits per heavy atom. The summed E-state index contributed by atoms with van der Waals surface area (Å²) in [6.07, 6.45) is 4.72. The third kappa shape index (κ3) is 4.14. The molecular weight excluding hydrogens is 310 g/mol. The Bertz CT molecular complexity index is 663. The largest absolute Gasteiger partial charge is 0.497 e. The molecule has 0 aliphatic carbocycles. The summed E-state index contributed by atoms with van der Waals surface area (Å²) in [6.45, 7) is 0.756. The number of ether oxygens (including phenoxy) is 1. The van der Waals surface area contributed by atoms with Crippen LogP contribution in [0.1, 0.15) is 5.56 Å². The fourth-order valence-electron chi connectivity index (χ4n) is 2.19. The van der Waals surface area contributed by atoms with Crippen LogP contribution >= 0.6 is 0 Å². The van der Waals surface area contributed by atoms with Gasteiger partial charge in [0.05, 0.1) is 37.7 Å². The van der Waals surface area contributed by atoms with Gasteiger partial charge in [-0.15, -0.1) is 0 Å². The molecular formula is C17H21N3O4. The lowest BCUT2D eigenvalue weighted by Crippen LogP contribution is -2.33. The number of benzene rings is 1. The molecule has 0 radical (unpaired) electrons. The number of carbonyl (C=O) groups is 1. The number of oxime groups is 1. The Labute approximate surface area is 141 Å². The molecule has 1 aliphatic heterocycles. The number of likely N-dealkylation sites (N-methyl/N-ethyl adjacent to an activating group) is 1. The Kier molecular flexibility index (Phi) is 5.97. The first-order chi connectivity index (χ1) is 11.6. The molecule has 7 nitrogen and oxygen atoms in total. The van der Waals surface area contributed by atoms with Crippen molar-refractivity contribution >= 4 is 12.1 Å². The van der Waals surface area contributed by atoms with E-state index < -0.39 is 0 Å². The van der Waals surface area contributed by atoms with Crippen LogP contribution in [0.25, 0.3) is 0 Å². The van der Waals surface area contributed by atoms with E-state index >= 15 is 0 Å². The average Bonchev–Trinajstić information content (AvgIpc) is 2.60. The van der Waals surface area contributed by atoms with Crippen LogP contribution in [0, 0.1) is 0 Å². The molecule has 1 heterocycles. The number of nitrogens with zero attached hydrogens (tertiary/aromatic N) is 3. The van der Waals surface area contributed by atoms with Crippen molar-refractivity contribution in [3.8, 4) is 5.75 Å². The van der Waals surface area contributed by atoms with Gasteiger partial charge in [-0.25, -0.2) is 5.06 Å². The summed E-state index contributed by atoms with van der Waals surface area (Å²) < 4.78 is 5.12. The smallest absolute Gasteiger partial charge is 0.255 e. The fraction of sp³-hybridized carbons (Fsp3) is 0.294. The van der Waals surface area contributed by atoms with Crippen molar-refractivity contribution < 1.29 is 19.6 Å². The highest BCUT2D eigenvalue weighted by Crippen LogP contribution is 2.20. The fourth-order valence-corrected chi connectivity index (χ4v) is 2.19. The van der Waals surface area contributed by atoms with Gasteiger partial charge in [0, 0.05) is 14.1 Å². The van der Waals surface area contributed by atoms with E-state index in [2.05, 4.69) is 5.16 Å². The van der Waals surface area contributed by atoms with E-state index in [4.69, 9.17) is 14.8 Å². The molecule has 0 aromatic heterocycles. The average molecular weight is 331 g/mol. The van der Waals surface area contributed by atoms with Crippen molar-refractivity contribution in [2.45, 2.75) is 6.61 Å². The van der Waals surface area contributed by atoms with Crippen LogP contribution in [0.5, 0.6) is 5.75 Å². The zero-order valence-corrected chi connectivity index (χ0v) is 14.0. The van der Waals surface area contributed by atoms with Crippen molar-refractivity contribution in [2.75, 3.05) is 27.7 Å². The second kappa shape index (κ2) is 8.16. The predicted molar refractivity (Wildman–Crippen MR) is 89.6 cm³/mol. The minimum absolute atomic E-state index is 0.195. The molecule has 1 N–H and O–H groups in total. The molecule has 0 atom stereocenters. The SMILES string of the molecule is COc1ccc(CON2CC=CC(C(=O)N(C)C)=C2C=NO)cc1. The number of amides is 1. The molecule has 1 aromatic carbocycles. The van der Waals surface area contributed by atoms with Gasteiger partial charge >= 0.3 is 0 Å². The van der Waals surface area contributed by atoms with E-state index in [-0.39, 0.29) is 5.91 Å². The summed E-state index contributed by atoms with van der Waals surface area (Å²) >= 11 is 0. The molecule has 0 saturated heterocycles. The van der Waals surface area contributed by atoms with Gasteiger partial charge in [-0.05, 0) is 23.8 Å². The highest BCUT2D eigenvalue weighted by Gasteiger charge is 2.22. The van der Waals surface area contributed by atoms with Gasteiger partial charge in [0.15, 0.2) is 0 Å². The van der Waals surface area contributed by atoms with E-state index in [0.29, 0.717) is 24.4 Å². The minimum Gasteiger partial charge on any atom is -0.497 e. The number of hydrogen-bond acceptors (Lipinski definition) is 6. The van der Waals surface area contributed by atoms with Crippen molar-refractivity contribution in [3.05, 3.63) is 53.3 Å². The lowest BCUT2D eigenvalue weighted by atomic mass is 10.1. The van der Waals surface area contributed by atoms with Gasteiger partial charge in [-0.2, -0.15) is 0 Å². The molecule has 24 heavy (non-hydrogen) atoms. The highest BCUT2D eigenvalue weighted by atomic mass is 16.7. The summed E-state index contributed by atoms with van der Waals surface area (Å²) in [5, 5.41) is 13.5. The second-order valence-corrected chi connectivity index (χ2v) is 5.33. The van der Waals surface area contributed by atoms with Crippen molar-refractivity contribution in [3.63, 3.8) is 0 Å². The number of rotatable bonds is 6. The maximum atomic E-state index is 12.3. The Morgan fingerprint density at radius 3 is 2.67 bits per heavy atom.